The predicted molar refractivity (Wildman–Crippen MR) is 98.7 cm³/mol. The van der Waals surface area contributed by atoms with E-state index < -0.39 is 5.97 Å². The molecule has 2 aromatic rings. The zero-order valence-corrected chi connectivity index (χ0v) is 15.9. The first-order chi connectivity index (χ1) is 13.5. The minimum atomic E-state index is -0.503. The van der Waals surface area contributed by atoms with Crippen LogP contribution in [0.2, 0.25) is 0 Å². The summed E-state index contributed by atoms with van der Waals surface area (Å²) in [5.74, 6) is -0.527. The number of likely N-dealkylation sites (tertiary alicyclic amines) is 1. The van der Waals surface area contributed by atoms with Crippen molar-refractivity contribution in [3.8, 4) is 5.75 Å². The number of hydrogen-bond acceptors (Lipinski definition) is 7. The van der Waals surface area contributed by atoms with Crippen LogP contribution in [0, 0.1) is 5.92 Å². The summed E-state index contributed by atoms with van der Waals surface area (Å²) in [6.07, 6.45) is 2.62. The Labute approximate surface area is 162 Å². The molecule has 0 N–H and O–H groups in total. The SMILES string of the molecule is COC(=O)C1CCN(C(=O)COC(=O)Cc2coc3cc(OC)ccc23)CC1. The summed E-state index contributed by atoms with van der Waals surface area (Å²) < 4.78 is 20.5. The topological polar surface area (TPSA) is 95.3 Å². The molecule has 28 heavy (non-hydrogen) atoms. The van der Waals surface area contributed by atoms with Crippen LogP contribution >= 0.6 is 0 Å². The van der Waals surface area contributed by atoms with E-state index in [1.807, 2.05) is 6.07 Å². The first-order valence-electron chi connectivity index (χ1n) is 9.07. The summed E-state index contributed by atoms with van der Waals surface area (Å²) >= 11 is 0. The number of nitrogens with zero attached hydrogens (tertiary/aromatic N) is 1. The van der Waals surface area contributed by atoms with Gasteiger partial charge in [-0.3, -0.25) is 14.4 Å². The van der Waals surface area contributed by atoms with Gasteiger partial charge in [-0.25, -0.2) is 0 Å². The van der Waals surface area contributed by atoms with Gasteiger partial charge < -0.3 is 23.5 Å². The molecule has 1 fully saturated rings. The van der Waals surface area contributed by atoms with Gasteiger partial charge in [-0.1, -0.05) is 0 Å². The fourth-order valence-corrected chi connectivity index (χ4v) is 3.30. The number of furan rings is 1. The van der Waals surface area contributed by atoms with Crippen LogP contribution in [0.25, 0.3) is 11.0 Å². The number of methoxy groups -OCH3 is 2. The Morgan fingerprint density at radius 1 is 1.18 bits per heavy atom. The third-order valence-electron chi connectivity index (χ3n) is 4.94. The van der Waals surface area contributed by atoms with Crippen LogP contribution in [0.1, 0.15) is 18.4 Å². The first kappa shape index (κ1) is 19.7. The highest BCUT2D eigenvalue weighted by molar-refractivity contribution is 5.87. The van der Waals surface area contributed by atoms with E-state index in [0.29, 0.717) is 42.8 Å². The predicted octanol–water partition coefficient (Wildman–Crippen LogP) is 1.94. The molecule has 0 atom stereocenters. The van der Waals surface area contributed by atoms with Crippen LogP contribution in [0.3, 0.4) is 0 Å². The minimum Gasteiger partial charge on any atom is -0.497 e. The van der Waals surface area contributed by atoms with Gasteiger partial charge in [0.05, 0.1) is 32.8 Å². The monoisotopic (exact) mass is 389 g/mol. The molecule has 0 radical (unpaired) electrons. The van der Waals surface area contributed by atoms with E-state index in [9.17, 15) is 14.4 Å². The maximum atomic E-state index is 12.2. The Morgan fingerprint density at radius 3 is 2.61 bits per heavy atom. The molecular weight excluding hydrogens is 366 g/mol. The van der Waals surface area contributed by atoms with Crippen molar-refractivity contribution in [3.63, 3.8) is 0 Å². The summed E-state index contributed by atoms with van der Waals surface area (Å²) in [4.78, 5) is 37.5. The number of amides is 1. The summed E-state index contributed by atoms with van der Waals surface area (Å²) in [7, 11) is 2.93. The van der Waals surface area contributed by atoms with Crippen LogP contribution in [-0.2, 0) is 30.3 Å². The van der Waals surface area contributed by atoms with E-state index in [0.717, 1.165) is 5.39 Å². The number of carbonyl (C=O) groups is 3. The Balaban J connectivity index is 1.48. The Morgan fingerprint density at radius 2 is 1.93 bits per heavy atom. The number of esters is 2. The number of piperidine rings is 1. The van der Waals surface area contributed by atoms with Gasteiger partial charge in [-0.2, -0.15) is 0 Å². The van der Waals surface area contributed by atoms with Gasteiger partial charge in [-0.05, 0) is 25.0 Å². The molecule has 0 unspecified atom stereocenters. The normalized spacial score (nSPS) is 14.7. The highest BCUT2D eigenvalue weighted by atomic mass is 16.5. The van der Waals surface area contributed by atoms with Gasteiger partial charge >= 0.3 is 11.9 Å². The molecule has 0 saturated carbocycles. The molecule has 0 aliphatic carbocycles. The molecule has 150 valence electrons. The molecule has 8 nitrogen and oxygen atoms in total. The molecule has 8 heteroatoms. The summed E-state index contributed by atoms with van der Waals surface area (Å²) in [5.41, 5.74) is 1.31. The minimum absolute atomic E-state index is 0.0109. The second-order valence-corrected chi connectivity index (χ2v) is 6.64. The number of ether oxygens (including phenoxy) is 3. The van der Waals surface area contributed by atoms with E-state index in [1.165, 1.54) is 13.4 Å². The third kappa shape index (κ3) is 4.44. The summed E-state index contributed by atoms with van der Waals surface area (Å²) in [6, 6.07) is 5.34. The second kappa shape index (κ2) is 8.77. The van der Waals surface area contributed by atoms with Crippen molar-refractivity contribution in [3.05, 3.63) is 30.0 Å². The Bertz CT molecular complexity index is 865. The van der Waals surface area contributed by atoms with Gasteiger partial charge in [0.15, 0.2) is 6.61 Å². The van der Waals surface area contributed by atoms with E-state index >= 15 is 0 Å². The van der Waals surface area contributed by atoms with Gasteiger partial charge in [0, 0.05) is 30.1 Å². The van der Waals surface area contributed by atoms with E-state index in [1.54, 1.807) is 24.1 Å². The lowest BCUT2D eigenvalue weighted by atomic mass is 9.97. The lowest BCUT2D eigenvalue weighted by Crippen LogP contribution is -2.42. The zero-order chi connectivity index (χ0) is 20.1. The first-order valence-corrected chi connectivity index (χ1v) is 9.07. The average Bonchev–Trinajstić information content (AvgIpc) is 3.13. The van der Waals surface area contributed by atoms with Gasteiger partial charge in [0.25, 0.3) is 5.91 Å². The smallest absolute Gasteiger partial charge is 0.310 e. The van der Waals surface area contributed by atoms with Crippen molar-refractivity contribution < 1.29 is 33.0 Å². The molecule has 1 aliphatic rings. The molecule has 1 amide bonds. The lowest BCUT2D eigenvalue weighted by Gasteiger charge is -2.30. The number of hydrogen-bond donors (Lipinski definition) is 0. The van der Waals surface area contributed by atoms with Gasteiger partial charge in [0.2, 0.25) is 0 Å². The highest BCUT2D eigenvalue weighted by Gasteiger charge is 2.28. The summed E-state index contributed by atoms with van der Waals surface area (Å²) in [6.45, 7) is 0.583. The fourth-order valence-electron chi connectivity index (χ4n) is 3.30. The van der Waals surface area contributed by atoms with Crippen LogP contribution in [-0.4, -0.2) is 56.7 Å². The molecule has 2 heterocycles. The van der Waals surface area contributed by atoms with Crippen molar-refractivity contribution in [1.82, 2.24) is 4.90 Å². The summed E-state index contributed by atoms with van der Waals surface area (Å²) in [5, 5.41) is 0.800. The van der Waals surface area contributed by atoms with Gasteiger partial charge in [-0.15, -0.1) is 0 Å². The quantitative estimate of drug-likeness (QED) is 0.697. The molecule has 1 saturated heterocycles. The number of rotatable bonds is 6. The molecule has 0 spiro atoms. The molecule has 3 rings (SSSR count). The van der Waals surface area contributed by atoms with Crippen molar-refractivity contribution in [2.75, 3.05) is 33.9 Å². The van der Waals surface area contributed by atoms with Crippen LogP contribution in [0.5, 0.6) is 5.75 Å². The molecule has 0 bridgehead atoms. The molecule has 1 aromatic heterocycles. The second-order valence-electron chi connectivity index (χ2n) is 6.64. The Kier molecular flexibility index (Phi) is 6.18. The number of benzene rings is 1. The zero-order valence-electron chi connectivity index (χ0n) is 15.9. The Hall–Kier alpha value is -3.03. The van der Waals surface area contributed by atoms with Crippen LogP contribution < -0.4 is 4.74 Å². The maximum Gasteiger partial charge on any atom is 0.310 e. The van der Waals surface area contributed by atoms with Crippen LogP contribution in [0.15, 0.2) is 28.9 Å². The highest BCUT2D eigenvalue weighted by Crippen LogP contribution is 2.26. The average molecular weight is 389 g/mol. The van der Waals surface area contributed by atoms with E-state index in [4.69, 9.17) is 18.6 Å². The standard InChI is InChI=1S/C20H23NO7/c1-25-15-3-4-16-14(11-27-17(16)10-15)9-19(23)28-12-18(22)21-7-5-13(6-8-21)20(24)26-2/h3-4,10-11,13H,5-9,12H2,1-2H3. The van der Waals surface area contributed by atoms with E-state index in [-0.39, 0.29) is 30.8 Å². The van der Waals surface area contributed by atoms with E-state index in [2.05, 4.69) is 0 Å². The largest absolute Gasteiger partial charge is 0.497 e. The van der Waals surface area contributed by atoms with Crippen LogP contribution in [0.4, 0.5) is 0 Å². The number of carbonyl (C=O) groups excluding carboxylic acids is 3. The molecular formula is C20H23NO7. The van der Waals surface area contributed by atoms with Gasteiger partial charge in [0.1, 0.15) is 11.3 Å². The van der Waals surface area contributed by atoms with Crippen molar-refractivity contribution in [2.24, 2.45) is 5.92 Å². The molecule has 1 aromatic carbocycles. The number of fused-ring (bicyclic) bond motifs is 1. The third-order valence-corrected chi connectivity index (χ3v) is 4.94. The van der Waals surface area contributed by atoms with Crippen molar-refractivity contribution >= 4 is 28.8 Å². The van der Waals surface area contributed by atoms with Crippen molar-refractivity contribution in [2.45, 2.75) is 19.3 Å². The lowest BCUT2D eigenvalue weighted by molar-refractivity contribution is -0.153. The maximum absolute atomic E-state index is 12.2. The molecule has 1 aliphatic heterocycles. The fraction of sp³-hybridized carbons (Fsp3) is 0.450. The van der Waals surface area contributed by atoms with Crippen molar-refractivity contribution in [1.29, 1.82) is 0 Å².